The van der Waals surface area contributed by atoms with Crippen LogP contribution in [0.1, 0.15) is 33.1 Å². The van der Waals surface area contributed by atoms with Crippen LogP contribution in [-0.4, -0.2) is 43.2 Å². The molecule has 0 radical (unpaired) electrons. The Bertz CT molecular complexity index is 139. The lowest BCUT2D eigenvalue weighted by Crippen LogP contribution is -2.55. The molecule has 0 aromatic heterocycles. The van der Waals surface area contributed by atoms with E-state index in [2.05, 4.69) is 24.1 Å². The third kappa shape index (κ3) is 2.94. The van der Waals surface area contributed by atoms with Crippen molar-refractivity contribution in [1.29, 1.82) is 0 Å². The highest BCUT2D eigenvalue weighted by molar-refractivity contribution is 4.86. The van der Waals surface area contributed by atoms with Crippen molar-refractivity contribution in [2.45, 2.75) is 45.2 Å². The van der Waals surface area contributed by atoms with Crippen molar-refractivity contribution in [1.82, 2.24) is 10.2 Å². The van der Waals surface area contributed by atoms with E-state index in [0.717, 1.165) is 19.6 Å². The maximum Gasteiger partial charge on any atom is 0.0371 e. The molecule has 1 rings (SSSR count). The molecule has 0 bridgehead atoms. The van der Waals surface area contributed by atoms with E-state index in [9.17, 15) is 0 Å². The predicted molar refractivity (Wildman–Crippen MR) is 61.4 cm³/mol. The standard InChI is InChI=1S/C11H25N3/c1-3-14(4-2)11(9-12)10-7-5-6-8-13-10/h10-11,13H,3-9,12H2,1-2H3. The molecule has 3 heteroatoms. The van der Waals surface area contributed by atoms with Crippen molar-refractivity contribution in [3.8, 4) is 0 Å². The van der Waals surface area contributed by atoms with Crippen molar-refractivity contribution in [2.75, 3.05) is 26.2 Å². The van der Waals surface area contributed by atoms with E-state index >= 15 is 0 Å². The molecule has 1 aliphatic heterocycles. The van der Waals surface area contributed by atoms with Crippen LogP contribution >= 0.6 is 0 Å². The molecule has 1 aliphatic rings. The van der Waals surface area contributed by atoms with Gasteiger partial charge < -0.3 is 11.1 Å². The van der Waals surface area contributed by atoms with Crippen molar-refractivity contribution >= 4 is 0 Å². The summed E-state index contributed by atoms with van der Waals surface area (Å²) in [6, 6.07) is 1.15. The lowest BCUT2D eigenvalue weighted by molar-refractivity contribution is 0.160. The van der Waals surface area contributed by atoms with Gasteiger partial charge in [-0.25, -0.2) is 0 Å². The Morgan fingerprint density at radius 3 is 2.50 bits per heavy atom. The molecule has 1 heterocycles. The summed E-state index contributed by atoms with van der Waals surface area (Å²) < 4.78 is 0. The summed E-state index contributed by atoms with van der Waals surface area (Å²) in [5, 5.41) is 3.60. The van der Waals surface area contributed by atoms with Gasteiger partial charge >= 0.3 is 0 Å². The summed E-state index contributed by atoms with van der Waals surface area (Å²) in [5.41, 5.74) is 5.87. The molecular weight excluding hydrogens is 174 g/mol. The summed E-state index contributed by atoms with van der Waals surface area (Å²) in [4.78, 5) is 2.48. The van der Waals surface area contributed by atoms with Gasteiger partial charge in [-0.2, -0.15) is 0 Å². The van der Waals surface area contributed by atoms with Gasteiger partial charge in [0.1, 0.15) is 0 Å². The lowest BCUT2D eigenvalue weighted by Gasteiger charge is -2.37. The zero-order valence-corrected chi connectivity index (χ0v) is 9.63. The molecule has 3 N–H and O–H groups in total. The fraction of sp³-hybridized carbons (Fsp3) is 1.00. The number of nitrogens with two attached hydrogens (primary N) is 1. The van der Waals surface area contributed by atoms with Crippen LogP contribution in [0.4, 0.5) is 0 Å². The van der Waals surface area contributed by atoms with Crippen LogP contribution in [0.2, 0.25) is 0 Å². The maximum absolute atomic E-state index is 5.87. The second kappa shape index (κ2) is 6.38. The molecule has 2 atom stereocenters. The van der Waals surface area contributed by atoms with Gasteiger partial charge in [0, 0.05) is 18.6 Å². The Morgan fingerprint density at radius 2 is 2.07 bits per heavy atom. The molecule has 1 saturated heterocycles. The summed E-state index contributed by atoms with van der Waals surface area (Å²) in [6.07, 6.45) is 3.97. The topological polar surface area (TPSA) is 41.3 Å². The van der Waals surface area contributed by atoms with Crippen molar-refractivity contribution in [3.05, 3.63) is 0 Å². The number of nitrogens with one attached hydrogen (secondary N) is 1. The highest BCUT2D eigenvalue weighted by atomic mass is 15.2. The highest BCUT2D eigenvalue weighted by Gasteiger charge is 2.25. The first-order chi connectivity index (χ1) is 6.83. The van der Waals surface area contributed by atoms with Gasteiger partial charge in [0.15, 0.2) is 0 Å². The molecule has 0 aromatic rings. The average molecular weight is 199 g/mol. The number of hydrogen-bond acceptors (Lipinski definition) is 3. The molecule has 0 aromatic carbocycles. The highest BCUT2D eigenvalue weighted by Crippen LogP contribution is 2.14. The minimum atomic E-state index is 0.533. The molecule has 0 saturated carbocycles. The van der Waals surface area contributed by atoms with Crippen LogP contribution in [0.25, 0.3) is 0 Å². The lowest BCUT2D eigenvalue weighted by atomic mass is 9.96. The molecule has 1 fully saturated rings. The maximum atomic E-state index is 5.87. The minimum Gasteiger partial charge on any atom is -0.329 e. The van der Waals surface area contributed by atoms with E-state index in [0.29, 0.717) is 12.1 Å². The molecule has 84 valence electrons. The van der Waals surface area contributed by atoms with E-state index in [-0.39, 0.29) is 0 Å². The molecule has 2 unspecified atom stereocenters. The average Bonchev–Trinajstić information content (AvgIpc) is 2.27. The van der Waals surface area contributed by atoms with E-state index < -0.39 is 0 Å². The first-order valence-electron chi connectivity index (χ1n) is 6.01. The van der Waals surface area contributed by atoms with Crippen LogP contribution in [0.5, 0.6) is 0 Å². The van der Waals surface area contributed by atoms with Gasteiger partial charge in [-0.15, -0.1) is 0 Å². The summed E-state index contributed by atoms with van der Waals surface area (Å²) in [6.45, 7) is 8.60. The Balaban J connectivity index is 2.49. The second-order valence-electron chi connectivity index (χ2n) is 4.08. The number of nitrogens with zero attached hydrogens (tertiary/aromatic N) is 1. The summed E-state index contributed by atoms with van der Waals surface area (Å²) in [7, 11) is 0. The van der Waals surface area contributed by atoms with Gasteiger partial charge in [0.2, 0.25) is 0 Å². The van der Waals surface area contributed by atoms with Crippen LogP contribution in [0.3, 0.4) is 0 Å². The predicted octanol–water partition coefficient (Wildman–Crippen LogP) is 0.798. The second-order valence-corrected chi connectivity index (χ2v) is 4.08. The number of likely N-dealkylation sites (N-methyl/N-ethyl adjacent to an activating group) is 1. The molecule has 14 heavy (non-hydrogen) atoms. The van der Waals surface area contributed by atoms with Gasteiger partial charge in [0.05, 0.1) is 0 Å². The minimum absolute atomic E-state index is 0.533. The summed E-state index contributed by atoms with van der Waals surface area (Å²) in [5.74, 6) is 0. The van der Waals surface area contributed by atoms with E-state index in [1.807, 2.05) is 0 Å². The molecule has 0 amide bonds. The van der Waals surface area contributed by atoms with E-state index in [1.165, 1.54) is 25.8 Å². The normalized spacial score (nSPS) is 25.3. The van der Waals surface area contributed by atoms with Gasteiger partial charge in [0.25, 0.3) is 0 Å². The Hall–Kier alpha value is -0.120. The van der Waals surface area contributed by atoms with Gasteiger partial charge in [-0.1, -0.05) is 20.3 Å². The zero-order valence-electron chi connectivity index (χ0n) is 9.63. The zero-order chi connectivity index (χ0) is 10.4. The van der Waals surface area contributed by atoms with Crippen LogP contribution < -0.4 is 11.1 Å². The fourth-order valence-corrected chi connectivity index (χ4v) is 2.47. The largest absolute Gasteiger partial charge is 0.329 e. The molecule has 0 spiro atoms. The van der Waals surface area contributed by atoms with Crippen LogP contribution in [0, 0.1) is 0 Å². The van der Waals surface area contributed by atoms with Gasteiger partial charge in [-0.3, -0.25) is 4.90 Å². The SMILES string of the molecule is CCN(CC)C(CN)C1CCCCN1. The van der Waals surface area contributed by atoms with E-state index in [4.69, 9.17) is 5.73 Å². The third-order valence-electron chi connectivity index (χ3n) is 3.34. The first kappa shape index (κ1) is 12.0. The smallest absolute Gasteiger partial charge is 0.0371 e. The van der Waals surface area contributed by atoms with Gasteiger partial charge in [-0.05, 0) is 32.5 Å². The van der Waals surface area contributed by atoms with Crippen molar-refractivity contribution in [2.24, 2.45) is 5.73 Å². The molecular formula is C11H25N3. The van der Waals surface area contributed by atoms with Crippen LogP contribution in [0.15, 0.2) is 0 Å². The molecule has 3 nitrogen and oxygen atoms in total. The Kier molecular flexibility index (Phi) is 5.45. The van der Waals surface area contributed by atoms with Crippen LogP contribution in [-0.2, 0) is 0 Å². The van der Waals surface area contributed by atoms with Crippen molar-refractivity contribution in [3.63, 3.8) is 0 Å². The van der Waals surface area contributed by atoms with Crippen molar-refractivity contribution < 1.29 is 0 Å². The fourth-order valence-electron chi connectivity index (χ4n) is 2.47. The number of hydrogen-bond donors (Lipinski definition) is 2. The first-order valence-corrected chi connectivity index (χ1v) is 6.01. The molecule has 0 aliphatic carbocycles. The summed E-state index contributed by atoms with van der Waals surface area (Å²) >= 11 is 0. The number of piperidine rings is 1. The number of rotatable bonds is 5. The third-order valence-corrected chi connectivity index (χ3v) is 3.34. The monoisotopic (exact) mass is 199 g/mol. The Labute approximate surface area is 88.0 Å². The quantitative estimate of drug-likeness (QED) is 0.688. The Morgan fingerprint density at radius 1 is 1.36 bits per heavy atom. The van der Waals surface area contributed by atoms with E-state index in [1.54, 1.807) is 0 Å².